The van der Waals surface area contributed by atoms with Gasteiger partial charge in [0.2, 0.25) is 9.70 Å². The first-order valence-electron chi connectivity index (χ1n) is 10.4. The molecule has 2 amide bonds. The maximum atomic E-state index is 12.5. The number of ether oxygens (including phenoxy) is 3. The van der Waals surface area contributed by atoms with E-state index in [9.17, 15) is 19.2 Å². The van der Waals surface area contributed by atoms with Crippen LogP contribution in [0.5, 0.6) is 0 Å². The Hall–Kier alpha value is -2.23. The molecule has 0 aliphatic carbocycles. The van der Waals surface area contributed by atoms with Gasteiger partial charge in [-0.25, -0.2) is 4.79 Å². The van der Waals surface area contributed by atoms with Gasteiger partial charge in [0.1, 0.15) is 25.4 Å². The quantitative estimate of drug-likeness (QED) is 0.259. The van der Waals surface area contributed by atoms with Crippen LogP contribution in [0.25, 0.3) is 0 Å². The van der Waals surface area contributed by atoms with E-state index in [-0.39, 0.29) is 32.5 Å². The lowest BCUT2D eigenvalue weighted by atomic mass is 10.2. The van der Waals surface area contributed by atoms with Crippen LogP contribution in [0.4, 0.5) is 4.79 Å². The Morgan fingerprint density at radius 1 is 0.941 bits per heavy atom. The molecular formula is C22H29Cl3N2O7. The minimum Gasteiger partial charge on any atom is -0.461 e. The third-order valence-corrected chi connectivity index (χ3v) is 4.20. The van der Waals surface area contributed by atoms with Crippen molar-refractivity contribution in [2.24, 2.45) is 0 Å². The molecule has 0 saturated heterocycles. The largest absolute Gasteiger partial charge is 0.461 e. The lowest BCUT2D eigenvalue weighted by Crippen LogP contribution is -2.42. The van der Waals surface area contributed by atoms with E-state index in [1.807, 2.05) is 18.2 Å². The molecule has 1 aromatic carbocycles. The lowest BCUT2D eigenvalue weighted by molar-refractivity contribution is -0.146. The predicted molar refractivity (Wildman–Crippen MR) is 128 cm³/mol. The summed E-state index contributed by atoms with van der Waals surface area (Å²) in [6, 6.07) is 9.07. The molecule has 1 rings (SSSR count). The molecule has 9 nitrogen and oxygen atoms in total. The number of alkyl halides is 3. The maximum Gasteiger partial charge on any atom is 0.410 e. The van der Waals surface area contributed by atoms with Crippen LogP contribution in [0.2, 0.25) is 0 Å². The van der Waals surface area contributed by atoms with E-state index in [4.69, 9.17) is 49.0 Å². The van der Waals surface area contributed by atoms with Crippen molar-refractivity contribution in [2.45, 2.75) is 49.6 Å². The van der Waals surface area contributed by atoms with Gasteiger partial charge >= 0.3 is 18.0 Å². The third kappa shape index (κ3) is 14.8. The van der Waals surface area contributed by atoms with Gasteiger partial charge in [-0.2, -0.15) is 0 Å². The SMILES string of the molecule is CC(C)(C)OC(=O)N(CCC(=O)NCCC(=O)OCC(Cl)(Cl)Cl)CC(=O)OCc1ccccc1. The van der Waals surface area contributed by atoms with E-state index < -0.39 is 46.5 Å². The molecule has 0 unspecified atom stereocenters. The second-order valence-corrected chi connectivity index (χ2v) is 10.7. The summed E-state index contributed by atoms with van der Waals surface area (Å²) in [4.78, 5) is 49.6. The first-order valence-corrected chi connectivity index (χ1v) is 11.5. The molecule has 0 aliphatic rings. The van der Waals surface area contributed by atoms with Gasteiger partial charge < -0.3 is 19.5 Å². The van der Waals surface area contributed by atoms with Crippen LogP contribution in [-0.4, -0.2) is 64.5 Å². The van der Waals surface area contributed by atoms with Crippen LogP contribution in [-0.2, 0) is 35.2 Å². The smallest absolute Gasteiger partial charge is 0.410 e. The number of carbonyl (C=O) groups excluding carboxylic acids is 4. The minimum absolute atomic E-state index is 0.0108. The van der Waals surface area contributed by atoms with Gasteiger partial charge in [0.05, 0.1) is 6.42 Å². The lowest BCUT2D eigenvalue weighted by Gasteiger charge is -2.26. The molecule has 190 valence electrons. The second kappa shape index (κ2) is 14.2. The Kier molecular flexibility index (Phi) is 12.5. The van der Waals surface area contributed by atoms with Gasteiger partial charge in [-0.1, -0.05) is 65.1 Å². The first kappa shape index (κ1) is 29.8. The Labute approximate surface area is 213 Å². The highest BCUT2D eigenvalue weighted by Crippen LogP contribution is 2.25. The van der Waals surface area contributed by atoms with Crippen LogP contribution in [0, 0.1) is 0 Å². The zero-order valence-electron chi connectivity index (χ0n) is 19.3. The normalized spacial score (nSPS) is 11.4. The molecule has 0 aromatic heterocycles. The minimum atomic E-state index is -1.72. The Morgan fingerprint density at radius 3 is 2.18 bits per heavy atom. The van der Waals surface area contributed by atoms with Gasteiger partial charge in [-0.15, -0.1) is 0 Å². The van der Waals surface area contributed by atoms with E-state index in [0.29, 0.717) is 0 Å². The van der Waals surface area contributed by atoms with E-state index in [1.165, 1.54) is 0 Å². The summed E-state index contributed by atoms with van der Waals surface area (Å²) < 4.78 is 13.6. The summed E-state index contributed by atoms with van der Waals surface area (Å²) in [7, 11) is 0. The number of nitrogens with zero attached hydrogens (tertiary/aromatic N) is 1. The Bertz CT molecular complexity index is 824. The Balaban J connectivity index is 2.52. The number of esters is 2. The van der Waals surface area contributed by atoms with Crippen molar-refractivity contribution in [3.63, 3.8) is 0 Å². The summed E-state index contributed by atoms with van der Waals surface area (Å²) in [5.74, 6) is -1.74. The number of amides is 2. The molecule has 0 fully saturated rings. The van der Waals surface area contributed by atoms with Gasteiger partial charge in [-0.3, -0.25) is 19.3 Å². The van der Waals surface area contributed by atoms with E-state index in [0.717, 1.165) is 10.5 Å². The average molecular weight is 540 g/mol. The number of nitrogens with one attached hydrogen (secondary N) is 1. The van der Waals surface area contributed by atoms with Crippen molar-refractivity contribution < 1.29 is 33.4 Å². The topological polar surface area (TPSA) is 111 Å². The summed E-state index contributed by atoms with van der Waals surface area (Å²) in [5.41, 5.74) is 0.00452. The van der Waals surface area contributed by atoms with Crippen LogP contribution in [0.15, 0.2) is 30.3 Å². The maximum absolute atomic E-state index is 12.5. The second-order valence-electron chi connectivity index (χ2n) is 8.17. The molecule has 0 spiro atoms. The zero-order valence-corrected chi connectivity index (χ0v) is 21.5. The highest BCUT2D eigenvalue weighted by Gasteiger charge is 2.25. The summed E-state index contributed by atoms with van der Waals surface area (Å²) in [6.07, 6.45) is -1.02. The first-order chi connectivity index (χ1) is 15.7. The van der Waals surface area contributed by atoms with Crippen LogP contribution < -0.4 is 5.32 Å². The molecule has 0 heterocycles. The molecule has 12 heteroatoms. The fourth-order valence-corrected chi connectivity index (χ4v) is 2.53. The van der Waals surface area contributed by atoms with E-state index in [1.54, 1.807) is 32.9 Å². The fourth-order valence-electron chi connectivity index (χ4n) is 2.36. The van der Waals surface area contributed by atoms with Crippen LogP contribution in [0.3, 0.4) is 0 Å². The molecule has 0 radical (unpaired) electrons. The van der Waals surface area contributed by atoms with E-state index in [2.05, 4.69) is 5.32 Å². The van der Waals surface area contributed by atoms with Crippen LogP contribution >= 0.6 is 34.8 Å². The van der Waals surface area contributed by atoms with Crippen LogP contribution in [0.1, 0.15) is 39.2 Å². The van der Waals surface area contributed by atoms with Crippen molar-refractivity contribution in [2.75, 3.05) is 26.2 Å². The van der Waals surface area contributed by atoms with Crippen molar-refractivity contribution in [1.82, 2.24) is 10.2 Å². The number of benzene rings is 1. The monoisotopic (exact) mass is 538 g/mol. The van der Waals surface area contributed by atoms with Gasteiger partial charge in [0, 0.05) is 19.5 Å². The van der Waals surface area contributed by atoms with E-state index >= 15 is 0 Å². The number of carbonyl (C=O) groups is 4. The molecule has 1 aromatic rings. The standard InChI is InChI=1S/C22H29Cl3N2O7/c1-21(2,3)34-20(31)27(13-19(30)32-14-16-7-5-4-6-8-16)12-10-17(28)26-11-9-18(29)33-15-22(23,24)25/h4-8H,9-15H2,1-3H3,(H,26,28). The molecule has 0 saturated carbocycles. The fraction of sp³-hybridized carbons (Fsp3) is 0.545. The molecule has 0 aliphatic heterocycles. The van der Waals surface area contributed by atoms with Gasteiger partial charge in [0.15, 0.2) is 0 Å². The molecule has 1 N–H and O–H groups in total. The number of rotatable bonds is 11. The molecule has 0 atom stereocenters. The highest BCUT2D eigenvalue weighted by molar-refractivity contribution is 6.67. The van der Waals surface area contributed by atoms with Gasteiger partial charge in [-0.05, 0) is 26.3 Å². The van der Waals surface area contributed by atoms with Crippen molar-refractivity contribution >= 4 is 58.7 Å². The Morgan fingerprint density at radius 2 is 1.59 bits per heavy atom. The zero-order chi connectivity index (χ0) is 25.8. The predicted octanol–water partition coefficient (Wildman–Crippen LogP) is 3.78. The van der Waals surface area contributed by atoms with Crippen molar-refractivity contribution in [3.8, 4) is 0 Å². The summed E-state index contributed by atoms with van der Waals surface area (Å²) >= 11 is 16.5. The summed E-state index contributed by atoms with van der Waals surface area (Å²) in [6.45, 7) is 4.20. The molecule has 0 bridgehead atoms. The average Bonchev–Trinajstić information content (AvgIpc) is 2.72. The van der Waals surface area contributed by atoms with Crippen molar-refractivity contribution in [3.05, 3.63) is 35.9 Å². The third-order valence-electron chi connectivity index (χ3n) is 3.87. The van der Waals surface area contributed by atoms with Crippen molar-refractivity contribution in [1.29, 1.82) is 0 Å². The van der Waals surface area contributed by atoms with Gasteiger partial charge in [0.25, 0.3) is 0 Å². The molecular weight excluding hydrogens is 511 g/mol. The summed E-state index contributed by atoms with van der Waals surface area (Å²) in [5, 5.41) is 2.52. The number of hydrogen-bond acceptors (Lipinski definition) is 7. The number of hydrogen-bond donors (Lipinski definition) is 1. The number of halogens is 3. The molecule has 34 heavy (non-hydrogen) atoms. The highest BCUT2D eigenvalue weighted by atomic mass is 35.6.